The summed E-state index contributed by atoms with van der Waals surface area (Å²) in [6.07, 6.45) is 2.54. The summed E-state index contributed by atoms with van der Waals surface area (Å²) >= 11 is 0. The second-order valence-electron chi connectivity index (χ2n) is 2.57. The van der Waals surface area contributed by atoms with E-state index < -0.39 is 5.97 Å². The quantitative estimate of drug-likeness (QED) is 0.567. The molecule has 4 nitrogen and oxygen atoms in total. The van der Waals surface area contributed by atoms with E-state index in [1.165, 1.54) is 6.08 Å². The van der Waals surface area contributed by atoms with Crippen molar-refractivity contribution in [2.24, 2.45) is 0 Å². The van der Waals surface area contributed by atoms with Gasteiger partial charge in [-0.25, -0.2) is 4.79 Å². The maximum atomic E-state index is 10.5. The Kier molecular flexibility index (Phi) is 2.50. The fraction of sp³-hybridized carbons (Fsp3) is 0.375. The van der Waals surface area contributed by atoms with E-state index in [-0.39, 0.29) is 17.9 Å². The van der Waals surface area contributed by atoms with Crippen LogP contribution >= 0.6 is 0 Å². The van der Waals surface area contributed by atoms with Crippen LogP contribution in [0.3, 0.4) is 0 Å². The fourth-order valence-electron chi connectivity index (χ4n) is 1.14. The fourth-order valence-corrected chi connectivity index (χ4v) is 1.14. The van der Waals surface area contributed by atoms with Crippen LogP contribution < -0.4 is 0 Å². The van der Waals surface area contributed by atoms with E-state index in [0.29, 0.717) is 18.4 Å². The van der Waals surface area contributed by atoms with E-state index in [1.807, 2.05) is 0 Å². The van der Waals surface area contributed by atoms with Gasteiger partial charge in [0.1, 0.15) is 5.76 Å². The van der Waals surface area contributed by atoms with Crippen LogP contribution in [0.15, 0.2) is 23.0 Å². The van der Waals surface area contributed by atoms with Crippen molar-refractivity contribution in [3.05, 3.63) is 23.0 Å². The number of aliphatic hydroxyl groups excluding tert-OH is 2. The minimum absolute atomic E-state index is 0.106. The monoisotopic (exact) mass is 170 g/mol. The molecule has 0 fully saturated rings. The lowest BCUT2D eigenvalue weighted by molar-refractivity contribution is -0.132. The molecule has 1 aliphatic rings. The Morgan fingerprint density at radius 2 is 2.25 bits per heavy atom. The second kappa shape index (κ2) is 3.40. The van der Waals surface area contributed by atoms with Crippen molar-refractivity contribution < 1.29 is 20.1 Å². The molecule has 1 aliphatic carbocycles. The van der Waals surface area contributed by atoms with Gasteiger partial charge in [0.15, 0.2) is 0 Å². The van der Waals surface area contributed by atoms with Gasteiger partial charge in [0.2, 0.25) is 0 Å². The molecular formula is C8H10O4. The summed E-state index contributed by atoms with van der Waals surface area (Å²) < 4.78 is 0. The molecule has 0 saturated carbocycles. The molecule has 0 bridgehead atoms. The van der Waals surface area contributed by atoms with Crippen molar-refractivity contribution in [2.45, 2.75) is 12.8 Å². The van der Waals surface area contributed by atoms with E-state index in [4.69, 9.17) is 10.2 Å². The highest BCUT2D eigenvalue weighted by atomic mass is 16.4. The van der Waals surface area contributed by atoms with Crippen LogP contribution in [0.25, 0.3) is 0 Å². The molecule has 0 aromatic rings. The molecule has 0 heterocycles. The maximum Gasteiger partial charge on any atom is 0.339 e. The summed E-state index contributed by atoms with van der Waals surface area (Å²) in [4.78, 5) is 10.5. The molecule has 0 saturated heterocycles. The molecule has 0 atom stereocenters. The van der Waals surface area contributed by atoms with Gasteiger partial charge in [-0.2, -0.15) is 0 Å². The van der Waals surface area contributed by atoms with Gasteiger partial charge in [-0.15, -0.1) is 0 Å². The summed E-state index contributed by atoms with van der Waals surface area (Å²) in [5, 5.41) is 26.6. The lowest BCUT2D eigenvalue weighted by Crippen LogP contribution is -2.11. The predicted molar refractivity (Wildman–Crippen MR) is 41.7 cm³/mol. The first-order valence-electron chi connectivity index (χ1n) is 3.62. The van der Waals surface area contributed by atoms with Gasteiger partial charge in [0.25, 0.3) is 0 Å². The number of carbonyl (C=O) groups is 1. The summed E-state index contributed by atoms with van der Waals surface area (Å²) in [6, 6.07) is 0. The highest BCUT2D eigenvalue weighted by Crippen LogP contribution is 2.22. The highest BCUT2D eigenvalue weighted by Gasteiger charge is 2.19. The van der Waals surface area contributed by atoms with Gasteiger partial charge < -0.3 is 15.3 Å². The summed E-state index contributed by atoms with van der Waals surface area (Å²) in [5.41, 5.74) is 0.292. The van der Waals surface area contributed by atoms with Crippen LogP contribution in [0, 0.1) is 0 Å². The third-order valence-corrected chi connectivity index (χ3v) is 1.81. The highest BCUT2D eigenvalue weighted by molar-refractivity contribution is 5.91. The van der Waals surface area contributed by atoms with Gasteiger partial charge >= 0.3 is 5.97 Å². The Morgan fingerprint density at radius 3 is 2.75 bits per heavy atom. The van der Waals surface area contributed by atoms with E-state index in [2.05, 4.69) is 0 Å². The van der Waals surface area contributed by atoms with Crippen LogP contribution in [0.1, 0.15) is 12.8 Å². The molecule has 0 radical (unpaired) electrons. The van der Waals surface area contributed by atoms with Crippen LogP contribution in [-0.4, -0.2) is 27.9 Å². The van der Waals surface area contributed by atoms with Crippen LogP contribution in [0.5, 0.6) is 0 Å². The number of aliphatic hydroxyl groups is 2. The van der Waals surface area contributed by atoms with Gasteiger partial charge in [0, 0.05) is 0 Å². The molecule has 1 rings (SSSR count). The van der Waals surface area contributed by atoms with Crippen molar-refractivity contribution in [3.63, 3.8) is 0 Å². The minimum Gasteiger partial charge on any atom is -0.507 e. The Bertz CT molecular complexity index is 262. The molecule has 4 heteroatoms. The lowest BCUT2D eigenvalue weighted by Gasteiger charge is -2.12. The van der Waals surface area contributed by atoms with Crippen molar-refractivity contribution in [2.75, 3.05) is 6.61 Å². The van der Waals surface area contributed by atoms with Crippen LogP contribution in [0.4, 0.5) is 0 Å². The van der Waals surface area contributed by atoms with E-state index >= 15 is 0 Å². The topological polar surface area (TPSA) is 77.8 Å². The molecule has 3 N–H and O–H groups in total. The molecule has 0 amide bonds. The number of carboxylic acids is 1. The first-order chi connectivity index (χ1) is 5.66. The number of rotatable bonds is 2. The summed E-state index contributed by atoms with van der Waals surface area (Å²) in [6.45, 7) is -0.281. The van der Waals surface area contributed by atoms with Crippen molar-refractivity contribution in [1.82, 2.24) is 0 Å². The van der Waals surface area contributed by atoms with Gasteiger partial charge in [-0.3, -0.25) is 0 Å². The van der Waals surface area contributed by atoms with Crippen LogP contribution in [-0.2, 0) is 4.79 Å². The summed E-state index contributed by atoms with van der Waals surface area (Å²) in [7, 11) is 0. The second-order valence-corrected chi connectivity index (χ2v) is 2.57. The largest absolute Gasteiger partial charge is 0.507 e. The molecule has 0 aliphatic heterocycles. The zero-order valence-corrected chi connectivity index (χ0v) is 6.45. The van der Waals surface area contributed by atoms with Gasteiger partial charge in [0.05, 0.1) is 12.2 Å². The van der Waals surface area contributed by atoms with Crippen molar-refractivity contribution in [3.8, 4) is 0 Å². The van der Waals surface area contributed by atoms with Crippen molar-refractivity contribution >= 4 is 5.97 Å². The Hall–Kier alpha value is -1.29. The Labute approximate surface area is 69.5 Å². The average Bonchev–Trinajstić information content (AvgIpc) is 2.04. The third-order valence-electron chi connectivity index (χ3n) is 1.81. The Morgan fingerprint density at radius 1 is 1.58 bits per heavy atom. The third kappa shape index (κ3) is 1.48. The van der Waals surface area contributed by atoms with E-state index in [1.54, 1.807) is 0 Å². The van der Waals surface area contributed by atoms with Gasteiger partial charge in [-0.05, 0) is 18.4 Å². The first-order valence-corrected chi connectivity index (χ1v) is 3.62. The number of aliphatic carboxylic acids is 1. The van der Waals surface area contributed by atoms with Gasteiger partial charge in [-0.1, -0.05) is 6.08 Å². The smallest absolute Gasteiger partial charge is 0.339 e. The molecule has 0 spiro atoms. The zero-order valence-electron chi connectivity index (χ0n) is 6.45. The van der Waals surface area contributed by atoms with Crippen LogP contribution in [0.2, 0.25) is 0 Å². The zero-order chi connectivity index (χ0) is 9.14. The van der Waals surface area contributed by atoms with E-state index in [9.17, 15) is 9.90 Å². The average molecular weight is 170 g/mol. The standard InChI is InChI=1S/C8H10O4/c9-4-5-2-1-3-6(7(5)10)8(11)12/h3,9-10H,1-2,4H2,(H,11,12). The molecule has 0 aromatic heterocycles. The number of hydrogen-bond donors (Lipinski definition) is 3. The number of carboxylic acid groups (broad SMARTS) is 1. The van der Waals surface area contributed by atoms with E-state index in [0.717, 1.165) is 0 Å². The first kappa shape index (κ1) is 8.80. The predicted octanol–water partition coefficient (Wildman–Crippen LogP) is 0.596. The minimum atomic E-state index is -1.15. The normalized spacial score (nSPS) is 17.6. The maximum absolute atomic E-state index is 10.5. The Balaban J connectivity index is 2.97. The number of hydrogen-bond acceptors (Lipinski definition) is 3. The summed E-state index contributed by atoms with van der Waals surface area (Å²) in [5.74, 6) is -1.44. The molecular weight excluding hydrogens is 160 g/mol. The number of allylic oxidation sites excluding steroid dienone is 1. The van der Waals surface area contributed by atoms with Crippen molar-refractivity contribution in [1.29, 1.82) is 0 Å². The lowest BCUT2D eigenvalue weighted by atomic mass is 9.98. The molecule has 0 aromatic carbocycles. The molecule has 66 valence electrons. The molecule has 0 unspecified atom stereocenters. The SMILES string of the molecule is O=C(O)C1=CCCC(CO)=C1O. The molecule has 12 heavy (non-hydrogen) atoms.